The summed E-state index contributed by atoms with van der Waals surface area (Å²) < 4.78 is 16.2. The molecule has 4 bridgehead atoms. The third-order valence-corrected chi connectivity index (χ3v) is 13.7. The average molecular weight is 942 g/mol. The summed E-state index contributed by atoms with van der Waals surface area (Å²) >= 11 is 15.5. The zero-order valence-electron chi connectivity index (χ0n) is 37.3. The van der Waals surface area contributed by atoms with Gasteiger partial charge in [-0.25, -0.2) is 15.0 Å². The highest BCUT2D eigenvalue weighted by atomic mass is 35.5. The van der Waals surface area contributed by atoms with Crippen LogP contribution in [0, 0.1) is 0 Å². The van der Waals surface area contributed by atoms with Crippen molar-refractivity contribution in [2.24, 2.45) is 9.98 Å². The van der Waals surface area contributed by atoms with Gasteiger partial charge in [-0.1, -0.05) is 205 Å². The first kappa shape index (κ1) is 41.6. The van der Waals surface area contributed by atoms with Crippen LogP contribution in [-0.2, 0) is 5.79 Å². The monoisotopic (exact) mass is 940 g/mol. The summed E-state index contributed by atoms with van der Waals surface area (Å²) in [4.78, 5) is 17.3. The van der Waals surface area contributed by atoms with Crippen LogP contribution in [0.3, 0.4) is 0 Å². The number of ether oxygens (including phenoxy) is 2. The van der Waals surface area contributed by atoms with Gasteiger partial charge in [0.25, 0.3) is 5.79 Å². The fraction of sp³-hybridized carbons (Fsp3) is 0.0161. The lowest BCUT2D eigenvalue weighted by atomic mass is 9.92. The van der Waals surface area contributed by atoms with E-state index in [0.717, 1.165) is 60.6 Å². The van der Waals surface area contributed by atoms with Crippen LogP contribution in [0.15, 0.2) is 241 Å². The number of imidazole rings is 1. The van der Waals surface area contributed by atoms with E-state index in [2.05, 4.69) is 89.5 Å². The number of aromatic nitrogens is 2. The van der Waals surface area contributed by atoms with Gasteiger partial charge in [-0.15, -0.1) is 0 Å². The zero-order valence-corrected chi connectivity index (χ0v) is 38.8. The first-order chi connectivity index (χ1) is 34.5. The highest BCUT2D eigenvalue weighted by Crippen LogP contribution is 2.52. The second-order valence-corrected chi connectivity index (χ2v) is 18.1. The van der Waals surface area contributed by atoms with Gasteiger partial charge in [0.05, 0.1) is 32.9 Å². The molecule has 5 aliphatic heterocycles. The molecule has 0 unspecified atom stereocenters. The molecule has 0 N–H and O–H groups in total. The summed E-state index contributed by atoms with van der Waals surface area (Å²) in [6, 6.07) is 77.2. The van der Waals surface area contributed by atoms with Gasteiger partial charge in [-0.05, 0) is 64.0 Å². The summed E-state index contributed by atoms with van der Waals surface area (Å²) in [7, 11) is 0. The molecule has 332 valence electrons. The molecule has 6 heterocycles. The van der Waals surface area contributed by atoms with Crippen molar-refractivity contribution >= 4 is 56.2 Å². The molecular weight excluding hydrogens is 904 g/mol. The topological polar surface area (TPSA) is 61.0 Å². The summed E-state index contributed by atoms with van der Waals surface area (Å²) in [5.74, 6) is 1.25. The Hall–Kier alpha value is -8.55. The molecule has 6 nitrogen and oxygen atoms in total. The smallest absolute Gasteiger partial charge is 0.263 e. The van der Waals surface area contributed by atoms with Crippen LogP contribution in [0.2, 0.25) is 10.0 Å². The van der Waals surface area contributed by atoms with Crippen molar-refractivity contribution in [3.05, 3.63) is 257 Å². The van der Waals surface area contributed by atoms with Crippen molar-refractivity contribution in [3.8, 4) is 68.0 Å². The van der Waals surface area contributed by atoms with E-state index in [-0.39, 0.29) is 0 Å². The van der Waals surface area contributed by atoms with Crippen LogP contribution >= 0.6 is 23.2 Å². The molecule has 1 spiro atoms. The normalized spacial score (nSPS) is 13.5. The molecular formula is C62H38Cl2N4O2. The lowest BCUT2D eigenvalue weighted by Gasteiger charge is -2.31. The first-order valence-electron chi connectivity index (χ1n) is 23.1. The maximum absolute atomic E-state index is 7.82. The summed E-state index contributed by atoms with van der Waals surface area (Å²) in [6.07, 6.45) is 0. The van der Waals surface area contributed by atoms with E-state index in [1.807, 2.05) is 146 Å². The fourth-order valence-electron chi connectivity index (χ4n) is 9.96. The minimum atomic E-state index is -1.61. The quantitative estimate of drug-likeness (QED) is 0.177. The number of benzene rings is 10. The summed E-state index contributed by atoms with van der Waals surface area (Å²) in [5, 5.41) is 4.90. The molecule has 8 heteroatoms. The van der Waals surface area contributed by atoms with Gasteiger partial charge in [0.15, 0.2) is 0 Å². The molecule has 0 saturated carbocycles. The standard InChI is InChI=1S/C62H38Cl2N4O2/c63-51-37-45-31-33-49(51)61-65-59(43-23-9-3-10-24-43)60(44-25-11-4-12-26-44)68(61)62(66-57(41-19-5-1-6-20-41)58(67-62)42-21-7-2-8-22-42)50-34-32-46(38-52(50)64)70-54-36-30-40-18-14-16-28-48(40)56(54)55-47-27-15-13-17-39(47)29-35-53(55)69-45/h1-38H. The molecule has 0 amide bonds. The van der Waals surface area contributed by atoms with E-state index in [1.54, 1.807) is 0 Å². The van der Waals surface area contributed by atoms with Crippen LogP contribution in [0.1, 0.15) is 16.7 Å². The van der Waals surface area contributed by atoms with E-state index >= 15 is 0 Å². The molecule has 0 aliphatic carbocycles. The fourth-order valence-corrected chi connectivity index (χ4v) is 10.5. The summed E-state index contributed by atoms with van der Waals surface area (Å²) in [5.41, 5.74) is 9.44. The predicted molar refractivity (Wildman–Crippen MR) is 285 cm³/mol. The third kappa shape index (κ3) is 6.91. The number of hydrogen-bond donors (Lipinski definition) is 0. The maximum atomic E-state index is 7.82. The Morgan fingerprint density at radius 1 is 0.414 bits per heavy atom. The molecule has 11 aromatic rings. The highest BCUT2D eigenvalue weighted by Gasteiger charge is 2.46. The highest BCUT2D eigenvalue weighted by molar-refractivity contribution is 6.54. The average Bonchev–Trinajstić information content (AvgIpc) is 4.01. The Morgan fingerprint density at radius 2 is 0.871 bits per heavy atom. The minimum absolute atomic E-state index is 0.383. The van der Waals surface area contributed by atoms with Gasteiger partial charge < -0.3 is 9.47 Å². The SMILES string of the molecule is Clc1cc2ccc1-c1nc(-c3ccccc3)c(-c3ccccc3)n1C1(N=C(c3ccccc3)C(c3ccccc3)=N1)c1ccc(cc1Cl)Oc1ccc3ccccc3c1-c1c(ccc3ccccc13)O2. The van der Waals surface area contributed by atoms with Gasteiger partial charge in [-0.2, -0.15) is 0 Å². The number of halogens is 2. The van der Waals surface area contributed by atoms with Gasteiger partial charge >= 0.3 is 0 Å². The lowest BCUT2D eigenvalue weighted by Crippen LogP contribution is -2.32. The Balaban J connectivity index is 1.18. The number of rotatable bonds is 4. The van der Waals surface area contributed by atoms with Crippen LogP contribution in [0.4, 0.5) is 0 Å². The van der Waals surface area contributed by atoms with E-state index in [1.165, 1.54) is 0 Å². The number of hydrogen-bond acceptors (Lipinski definition) is 5. The maximum Gasteiger partial charge on any atom is 0.263 e. The number of fused-ring (bicyclic) bond motifs is 2. The number of nitrogens with zero attached hydrogens (tertiary/aromatic N) is 4. The van der Waals surface area contributed by atoms with Crippen molar-refractivity contribution in [2.75, 3.05) is 0 Å². The first-order valence-corrected chi connectivity index (χ1v) is 23.8. The Kier molecular flexibility index (Phi) is 10.0. The molecule has 0 saturated heterocycles. The van der Waals surface area contributed by atoms with E-state index in [0.29, 0.717) is 67.1 Å². The van der Waals surface area contributed by atoms with Gasteiger partial charge in [0, 0.05) is 50.6 Å². The minimum Gasteiger partial charge on any atom is -0.457 e. The predicted octanol–water partition coefficient (Wildman–Crippen LogP) is 16.7. The van der Waals surface area contributed by atoms with Crippen molar-refractivity contribution in [1.29, 1.82) is 0 Å². The third-order valence-electron chi connectivity index (χ3n) is 13.1. The van der Waals surface area contributed by atoms with Crippen molar-refractivity contribution in [2.45, 2.75) is 5.79 Å². The van der Waals surface area contributed by atoms with Crippen LogP contribution in [-0.4, -0.2) is 21.0 Å². The van der Waals surface area contributed by atoms with Crippen LogP contribution in [0.5, 0.6) is 23.0 Å². The zero-order chi connectivity index (χ0) is 46.8. The van der Waals surface area contributed by atoms with E-state index < -0.39 is 5.79 Å². The summed E-state index contributed by atoms with van der Waals surface area (Å²) in [6.45, 7) is 0. The van der Waals surface area contributed by atoms with Crippen molar-refractivity contribution < 1.29 is 9.47 Å². The number of aliphatic imine (C=N–C) groups is 2. The largest absolute Gasteiger partial charge is 0.457 e. The molecule has 5 aliphatic rings. The van der Waals surface area contributed by atoms with E-state index in [4.69, 9.17) is 47.6 Å². The molecule has 0 atom stereocenters. The van der Waals surface area contributed by atoms with E-state index in [9.17, 15) is 0 Å². The second-order valence-electron chi connectivity index (χ2n) is 17.3. The molecule has 10 aromatic carbocycles. The Morgan fingerprint density at radius 3 is 1.39 bits per heavy atom. The van der Waals surface area contributed by atoms with Crippen molar-refractivity contribution in [3.63, 3.8) is 0 Å². The Bertz CT molecular complexity index is 3850. The molecule has 70 heavy (non-hydrogen) atoms. The van der Waals surface area contributed by atoms with Gasteiger partial charge in [-0.3, -0.25) is 4.57 Å². The van der Waals surface area contributed by atoms with Gasteiger partial charge in [0.2, 0.25) is 0 Å². The molecule has 0 radical (unpaired) electrons. The van der Waals surface area contributed by atoms with Crippen molar-refractivity contribution in [1.82, 2.24) is 9.55 Å². The van der Waals surface area contributed by atoms with Crippen LogP contribution in [0.25, 0.3) is 66.6 Å². The van der Waals surface area contributed by atoms with Crippen LogP contribution < -0.4 is 9.47 Å². The lowest BCUT2D eigenvalue weighted by molar-refractivity contribution is 0.408. The van der Waals surface area contributed by atoms with Gasteiger partial charge in [0.1, 0.15) is 28.8 Å². The molecule has 16 rings (SSSR count). The second kappa shape index (κ2) is 16.9. The molecule has 1 aromatic heterocycles. The Labute approximate surface area is 414 Å². The molecule has 0 fully saturated rings.